The summed E-state index contributed by atoms with van der Waals surface area (Å²) in [4.78, 5) is 24.7. The molecule has 0 bridgehead atoms. The van der Waals surface area contributed by atoms with Crippen molar-refractivity contribution in [1.82, 2.24) is 10.6 Å². The van der Waals surface area contributed by atoms with E-state index >= 15 is 0 Å². The van der Waals surface area contributed by atoms with Crippen LogP contribution in [0.4, 0.5) is 4.79 Å². The van der Waals surface area contributed by atoms with Gasteiger partial charge in [0.2, 0.25) is 0 Å². The fraction of sp³-hybridized carbons (Fsp3) is 0.440. The first-order valence-electron chi connectivity index (χ1n) is 10.9. The maximum absolute atomic E-state index is 13.1. The molecule has 1 aromatic rings. The molecule has 1 saturated carbocycles. The summed E-state index contributed by atoms with van der Waals surface area (Å²) in [5.74, 6) is -0.0942. The first-order chi connectivity index (χ1) is 15.0. The molecule has 164 valence electrons. The number of allylic oxidation sites excluding steroid dienone is 2. The molecule has 3 aliphatic rings. The van der Waals surface area contributed by atoms with Crippen molar-refractivity contribution in [2.75, 3.05) is 13.6 Å². The fourth-order valence-corrected chi connectivity index (χ4v) is 4.87. The first-order valence-corrected chi connectivity index (χ1v) is 10.9. The minimum absolute atomic E-state index is 0.0942. The van der Waals surface area contributed by atoms with Gasteiger partial charge in [0.15, 0.2) is 0 Å². The van der Waals surface area contributed by atoms with E-state index in [-0.39, 0.29) is 28.9 Å². The van der Waals surface area contributed by atoms with Crippen LogP contribution >= 0.6 is 0 Å². The van der Waals surface area contributed by atoms with Crippen LogP contribution in [0.15, 0.2) is 66.5 Å². The van der Waals surface area contributed by atoms with Gasteiger partial charge in [-0.3, -0.25) is 4.79 Å². The predicted octanol–water partition coefficient (Wildman–Crippen LogP) is 3.75. The largest absolute Gasteiger partial charge is 0.492 e. The number of ether oxygens (including phenoxy) is 2. The predicted molar refractivity (Wildman–Crippen MR) is 118 cm³/mol. The Labute approximate surface area is 183 Å². The number of carbonyl (C=O) groups is 2. The zero-order chi connectivity index (χ0) is 21.9. The summed E-state index contributed by atoms with van der Waals surface area (Å²) in [5.41, 5.74) is 1.38. The van der Waals surface area contributed by atoms with Crippen LogP contribution in [-0.2, 0) is 19.7 Å². The van der Waals surface area contributed by atoms with Crippen LogP contribution in [0.25, 0.3) is 0 Å². The van der Waals surface area contributed by atoms with E-state index in [1.807, 2.05) is 36.4 Å². The van der Waals surface area contributed by atoms with Crippen LogP contribution in [0.1, 0.15) is 38.2 Å². The molecule has 6 nitrogen and oxygen atoms in total. The third kappa shape index (κ3) is 4.24. The molecule has 0 aromatic heterocycles. The Hall–Kier alpha value is -3.02. The maximum Gasteiger partial charge on any atom is 0.407 e. The Bertz CT molecular complexity index is 913. The standard InChI is InChI=1S/C25H30N2O4/c1-24-12-6-9-20(21(24)30-16-15-24)22(28)27-17-25(18-7-4-3-5-8-18)13-10-19(11-14-25)31-23(29)26-2/h3-9,12,15-16,19,21H,10-11,13-14,17H2,1-2H3,(H,26,29)(H,27,28). The number of amides is 2. The Balaban J connectivity index is 1.47. The highest BCUT2D eigenvalue weighted by Crippen LogP contribution is 2.41. The molecule has 2 aliphatic carbocycles. The van der Waals surface area contributed by atoms with Crippen LogP contribution in [0, 0.1) is 5.41 Å². The van der Waals surface area contributed by atoms with Gasteiger partial charge in [-0.05, 0) is 44.2 Å². The summed E-state index contributed by atoms with van der Waals surface area (Å²) in [5, 5.41) is 5.70. The van der Waals surface area contributed by atoms with E-state index in [1.165, 1.54) is 5.56 Å². The third-order valence-electron chi connectivity index (χ3n) is 6.82. The topological polar surface area (TPSA) is 76.7 Å². The molecule has 6 heteroatoms. The smallest absolute Gasteiger partial charge is 0.407 e. The summed E-state index contributed by atoms with van der Waals surface area (Å²) in [6, 6.07) is 10.3. The monoisotopic (exact) mass is 422 g/mol. The third-order valence-corrected chi connectivity index (χ3v) is 6.82. The Morgan fingerprint density at radius 2 is 1.90 bits per heavy atom. The van der Waals surface area contributed by atoms with Gasteiger partial charge < -0.3 is 20.1 Å². The molecule has 2 amide bonds. The van der Waals surface area contributed by atoms with Gasteiger partial charge in [0.25, 0.3) is 5.91 Å². The van der Waals surface area contributed by atoms with E-state index in [0.717, 1.165) is 25.7 Å². The van der Waals surface area contributed by atoms with Crippen molar-refractivity contribution in [3.05, 3.63) is 72.0 Å². The van der Waals surface area contributed by atoms with Crippen LogP contribution in [0.5, 0.6) is 0 Å². The number of hydrogen-bond donors (Lipinski definition) is 2. The number of alkyl carbamates (subject to hydrolysis) is 1. The molecule has 31 heavy (non-hydrogen) atoms. The molecule has 1 fully saturated rings. The molecule has 2 atom stereocenters. The lowest BCUT2D eigenvalue weighted by Crippen LogP contribution is -2.47. The van der Waals surface area contributed by atoms with Crippen molar-refractivity contribution in [1.29, 1.82) is 0 Å². The van der Waals surface area contributed by atoms with Crippen LogP contribution in [-0.4, -0.2) is 37.8 Å². The van der Waals surface area contributed by atoms with Crippen molar-refractivity contribution in [3.8, 4) is 0 Å². The molecule has 0 radical (unpaired) electrons. The van der Waals surface area contributed by atoms with Crippen molar-refractivity contribution in [2.45, 2.75) is 50.2 Å². The van der Waals surface area contributed by atoms with E-state index in [0.29, 0.717) is 12.1 Å². The van der Waals surface area contributed by atoms with E-state index in [1.54, 1.807) is 13.3 Å². The maximum atomic E-state index is 13.1. The minimum Gasteiger partial charge on any atom is -0.492 e. The van der Waals surface area contributed by atoms with Crippen molar-refractivity contribution < 1.29 is 19.1 Å². The molecular weight excluding hydrogens is 392 g/mol. The van der Waals surface area contributed by atoms with E-state index < -0.39 is 6.09 Å². The highest BCUT2D eigenvalue weighted by atomic mass is 16.6. The van der Waals surface area contributed by atoms with Gasteiger partial charge in [-0.1, -0.05) is 48.6 Å². The van der Waals surface area contributed by atoms with Gasteiger partial charge in [0.1, 0.15) is 12.2 Å². The van der Waals surface area contributed by atoms with Gasteiger partial charge in [-0.15, -0.1) is 0 Å². The fourth-order valence-electron chi connectivity index (χ4n) is 4.87. The molecule has 1 aliphatic heterocycles. The highest BCUT2D eigenvalue weighted by Gasteiger charge is 2.43. The number of nitrogens with one attached hydrogen (secondary N) is 2. The lowest BCUT2D eigenvalue weighted by molar-refractivity contribution is -0.119. The summed E-state index contributed by atoms with van der Waals surface area (Å²) < 4.78 is 11.2. The average molecular weight is 423 g/mol. The molecule has 1 heterocycles. The van der Waals surface area contributed by atoms with Gasteiger partial charge in [-0.25, -0.2) is 4.79 Å². The number of rotatable bonds is 5. The second-order valence-corrected chi connectivity index (χ2v) is 8.85. The van der Waals surface area contributed by atoms with Gasteiger partial charge >= 0.3 is 6.09 Å². The summed E-state index contributed by atoms with van der Waals surface area (Å²) in [6.45, 7) is 2.59. The SMILES string of the molecule is CNC(=O)OC1CCC(CNC(=O)C2=CC=CC3(C)C=COC23)(c2ccccc2)CC1. The molecule has 4 rings (SSSR count). The van der Waals surface area contributed by atoms with Crippen LogP contribution in [0.3, 0.4) is 0 Å². The van der Waals surface area contributed by atoms with Crippen LogP contribution in [0.2, 0.25) is 0 Å². The second-order valence-electron chi connectivity index (χ2n) is 8.85. The number of carbonyl (C=O) groups excluding carboxylic acids is 2. The zero-order valence-corrected chi connectivity index (χ0v) is 18.1. The van der Waals surface area contributed by atoms with E-state index in [9.17, 15) is 9.59 Å². The number of benzene rings is 1. The lowest BCUT2D eigenvalue weighted by Gasteiger charge is -2.41. The number of fused-ring (bicyclic) bond motifs is 1. The minimum atomic E-state index is -0.393. The Morgan fingerprint density at radius 3 is 2.61 bits per heavy atom. The Morgan fingerprint density at radius 1 is 1.16 bits per heavy atom. The molecule has 1 aromatic carbocycles. The van der Waals surface area contributed by atoms with E-state index in [2.05, 4.69) is 35.8 Å². The van der Waals surface area contributed by atoms with Gasteiger partial charge in [-0.2, -0.15) is 0 Å². The Kier molecular flexibility index (Phi) is 5.90. The highest BCUT2D eigenvalue weighted by molar-refractivity contribution is 5.95. The zero-order valence-electron chi connectivity index (χ0n) is 18.1. The van der Waals surface area contributed by atoms with Gasteiger partial charge in [0, 0.05) is 24.4 Å². The normalized spacial score (nSPS) is 31.2. The van der Waals surface area contributed by atoms with Crippen LogP contribution < -0.4 is 10.6 Å². The summed E-state index contributed by atoms with van der Waals surface area (Å²) >= 11 is 0. The first kappa shape index (κ1) is 21.2. The summed E-state index contributed by atoms with van der Waals surface area (Å²) in [7, 11) is 1.57. The van der Waals surface area contributed by atoms with Crippen molar-refractivity contribution in [3.63, 3.8) is 0 Å². The van der Waals surface area contributed by atoms with Crippen molar-refractivity contribution in [2.24, 2.45) is 5.41 Å². The molecule has 0 saturated heterocycles. The molecule has 0 spiro atoms. The second kappa shape index (κ2) is 8.61. The van der Waals surface area contributed by atoms with Crippen molar-refractivity contribution >= 4 is 12.0 Å². The number of hydrogen-bond acceptors (Lipinski definition) is 4. The molecule has 2 N–H and O–H groups in total. The van der Waals surface area contributed by atoms with E-state index in [4.69, 9.17) is 9.47 Å². The van der Waals surface area contributed by atoms with Gasteiger partial charge in [0.05, 0.1) is 11.8 Å². The lowest BCUT2D eigenvalue weighted by atomic mass is 9.68. The average Bonchev–Trinajstić information content (AvgIpc) is 3.20. The summed E-state index contributed by atoms with van der Waals surface area (Å²) in [6.07, 6.45) is 11.9. The molecule has 2 unspecified atom stereocenters. The quantitative estimate of drug-likeness (QED) is 0.758. The molecular formula is C25H30N2O4.